The third kappa shape index (κ3) is 22.4. The van der Waals surface area contributed by atoms with Gasteiger partial charge in [0.2, 0.25) is 0 Å². The summed E-state index contributed by atoms with van der Waals surface area (Å²) >= 11 is 7.89. The van der Waals surface area contributed by atoms with Crippen LogP contribution in [0.15, 0.2) is 0 Å². The van der Waals surface area contributed by atoms with Gasteiger partial charge in [0.25, 0.3) is 0 Å². The van der Waals surface area contributed by atoms with Crippen LogP contribution in [-0.2, 0) is 4.79 Å². The van der Waals surface area contributed by atoms with Gasteiger partial charge in [0.1, 0.15) is 0 Å². The maximum atomic E-state index is 9.84. The number of aliphatic carboxylic acids is 1. The van der Waals surface area contributed by atoms with Gasteiger partial charge in [-0.15, -0.1) is 0 Å². The molecule has 0 saturated heterocycles. The number of hydrogen-bond acceptors (Lipinski definition) is 4. The first-order valence-electron chi connectivity index (χ1n) is 2.31. The van der Waals surface area contributed by atoms with Gasteiger partial charge in [-0.05, 0) is 6.92 Å². The van der Waals surface area contributed by atoms with Crippen molar-refractivity contribution in [3.05, 3.63) is 0 Å². The van der Waals surface area contributed by atoms with Crippen LogP contribution in [0.4, 0.5) is 0 Å². The Labute approximate surface area is 95.2 Å². The van der Waals surface area contributed by atoms with Crippen LogP contribution in [0.1, 0.15) is 6.92 Å². The molecule has 0 aromatic carbocycles. The molecule has 0 aliphatic heterocycles. The summed E-state index contributed by atoms with van der Waals surface area (Å²) in [7, 11) is -2.42. The molecule has 5 nitrogen and oxygen atoms in total. The molecule has 0 fully saturated rings. The SMILES string of the molecule is CC(Cl)(Br)C(=O)O.[Li+].[O-]B(O)O. The smallest absolute Gasteiger partial charge is 0.832 e. The largest absolute Gasteiger partial charge is 1.00 e. The fourth-order valence-electron chi connectivity index (χ4n) is 0. The molecule has 66 valence electrons. The molecule has 0 heterocycles. The van der Waals surface area contributed by atoms with Crippen molar-refractivity contribution in [2.45, 2.75) is 10.7 Å². The minimum absolute atomic E-state index is 0. The number of carboxylic acid groups (broad SMARTS) is 1. The van der Waals surface area contributed by atoms with E-state index in [1.54, 1.807) is 0 Å². The van der Waals surface area contributed by atoms with Crippen LogP contribution in [0.25, 0.3) is 0 Å². The van der Waals surface area contributed by atoms with Gasteiger partial charge in [-0.3, -0.25) is 0 Å². The molecule has 0 aliphatic carbocycles. The first kappa shape index (κ1) is 18.5. The molecule has 1 atom stereocenters. The van der Waals surface area contributed by atoms with Crippen molar-refractivity contribution in [1.82, 2.24) is 0 Å². The average molecular weight is 255 g/mol. The predicted molar refractivity (Wildman–Crippen MR) is 41.0 cm³/mol. The average Bonchev–Trinajstić information content (AvgIpc) is 1.59. The van der Waals surface area contributed by atoms with Crippen LogP contribution < -0.4 is 23.9 Å². The van der Waals surface area contributed by atoms with Crippen LogP contribution in [0.3, 0.4) is 0 Å². The van der Waals surface area contributed by atoms with Crippen molar-refractivity contribution in [1.29, 1.82) is 0 Å². The van der Waals surface area contributed by atoms with Gasteiger partial charge in [-0.25, -0.2) is 4.79 Å². The molecule has 0 amide bonds. The molecule has 0 saturated carbocycles. The number of hydrogen-bond donors (Lipinski definition) is 3. The van der Waals surface area contributed by atoms with Gasteiger partial charge in [-0.2, -0.15) is 0 Å². The second kappa shape index (κ2) is 8.38. The van der Waals surface area contributed by atoms with E-state index in [0.717, 1.165) is 0 Å². The number of alkyl halides is 2. The third-order valence-electron chi connectivity index (χ3n) is 0.376. The summed E-state index contributed by atoms with van der Waals surface area (Å²) in [5, 5.41) is 30.8. The van der Waals surface area contributed by atoms with Gasteiger partial charge >= 0.3 is 32.2 Å². The van der Waals surface area contributed by atoms with E-state index in [1.807, 2.05) is 0 Å². The van der Waals surface area contributed by atoms with E-state index < -0.39 is 17.1 Å². The summed E-state index contributed by atoms with van der Waals surface area (Å²) in [5.41, 5.74) is 0. The Morgan fingerprint density at radius 2 is 1.75 bits per heavy atom. The minimum atomic E-state index is -2.42. The topological polar surface area (TPSA) is 101 Å². The van der Waals surface area contributed by atoms with Crippen LogP contribution >= 0.6 is 27.5 Å². The summed E-state index contributed by atoms with van der Waals surface area (Å²) in [5.74, 6) is -1.07. The molecule has 12 heavy (non-hydrogen) atoms. The summed E-state index contributed by atoms with van der Waals surface area (Å²) in [6, 6.07) is 0. The number of carboxylic acids is 1. The van der Waals surface area contributed by atoms with Crippen LogP contribution in [0.5, 0.6) is 0 Å². The van der Waals surface area contributed by atoms with Crippen molar-refractivity contribution in [2.24, 2.45) is 0 Å². The van der Waals surface area contributed by atoms with E-state index >= 15 is 0 Å². The number of carbonyl (C=O) groups is 1. The third-order valence-corrected chi connectivity index (χ3v) is 0.876. The molecule has 0 bridgehead atoms. The zero-order valence-electron chi connectivity index (χ0n) is 6.49. The van der Waals surface area contributed by atoms with E-state index in [0.29, 0.717) is 0 Å². The van der Waals surface area contributed by atoms with Crippen molar-refractivity contribution >= 4 is 40.8 Å². The second-order valence-electron chi connectivity index (χ2n) is 1.52. The monoisotopic (exact) mass is 254 g/mol. The summed E-state index contributed by atoms with van der Waals surface area (Å²) < 4.78 is -1.30. The molecular weight excluding hydrogens is 249 g/mol. The molecule has 0 spiro atoms. The minimum Gasteiger partial charge on any atom is -0.832 e. The maximum absolute atomic E-state index is 9.84. The first-order valence-corrected chi connectivity index (χ1v) is 3.48. The van der Waals surface area contributed by atoms with Crippen molar-refractivity contribution in [2.75, 3.05) is 0 Å². The Hall–Kier alpha value is 0.782. The van der Waals surface area contributed by atoms with Crippen molar-refractivity contribution in [3.8, 4) is 0 Å². The second-order valence-corrected chi connectivity index (χ2v) is 4.32. The predicted octanol–water partition coefficient (Wildman–Crippen LogP) is -4.26. The normalized spacial score (nSPS) is 12.8. The molecule has 0 rings (SSSR count). The molecule has 0 aliphatic rings. The zero-order valence-corrected chi connectivity index (χ0v) is 8.83. The molecular formula is C3H6BBrClLiO5. The standard InChI is InChI=1S/C3H4BrClO2.BH2O3.Li/c1-3(4,5)2(6)7;2-1(3)4;/h1H3,(H,6,7);2-3H;/q;-1;+1. The molecule has 3 N–H and O–H groups in total. The van der Waals surface area contributed by atoms with E-state index in [9.17, 15) is 4.79 Å². The summed E-state index contributed by atoms with van der Waals surface area (Å²) in [6.07, 6.45) is 0. The Bertz CT molecular complexity index is 126. The Morgan fingerprint density at radius 1 is 1.67 bits per heavy atom. The molecule has 1 unspecified atom stereocenters. The molecule has 0 aromatic rings. The quantitative estimate of drug-likeness (QED) is 0.325. The molecule has 0 aromatic heterocycles. The Balaban J connectivity index is -0.000000142. The zero-order chi connectivity index (χ0) is 9.65. The fraction of sp³-hybridized carbons (Fsp3) is 0.667. The first-order chi connectivity index (χ1) is 4.68. The summed E-state index contributed by atoms with van der Waals surface area (Å²) in [6.45, 7) is 1.34. The van der Waals surface area contributed by atoms with Gasteiger partial charge in [0.05, 0.1) is 0 Å². The Kier molecular flexibility index (Phi) is 13.0. The van der Waals surface area contributed by atoms with E-state index in [-0.39, 0.29) is 18.9 Å². The van der Waals surface area contributed by atoms with Gasteiger partial charge in [0.15, 0.2) is 3.78 Å². The van der Waals surface area contributed by atoms with Gasteiger partial charge in [0, 0.05) is 0 Å². The van der Waals surface area contributed by atoms with Crippen LogP contribution in [0, 0.1) is 0 Å². The molecule has 0 radical (unpaired) electrons. The van der Waals surface area contributed by atoms with E-state index in [1.165, 1.54) is 6.92 Å². The maximum Gasteiger partial charge on any atom is 1.00 e. The fourth-order valence-corrected chi connectivity index (χ4v) is 0. The van der Waals surface area contributed by atoms with E-state index in [4.69, 9.17) is 31.8 Å². The number of halogens is 2. The van der Waals surface area contributed by atoms with E-state index in [2.05, 4.69) is 15.9 Å². The van der Waals surface area contributed by atoms with Crippen molar-refractivity contribution in [3.63, 3.8) is 0 Å². The van der Waals surface area contributed by atoms with Crippen LogP contribution in [-0.4, -0.2) is 32.2 Å². The molecule has 9 heteroatoms. The Morgan fingerprint density at radius 3 is 1.75 bits per heavy atom. The van der Waals surface area contributed by atoms with Crippen molar-refractivity contribution < 1.29 is 43.8 Å². The van der Waals surface area contributed by atoms with Crippen LogP contribution in [0.2, 0.25) is 0 Å². The van der Waals surface area contributed by atoms with Gasteiger partial charge in [-0.1, -0.05) is 27.5 Å². The summed E-state index contributed by atoms with van der Waals surface area (Å²) in [4.78, 5) is 9.84. The number of rotatable bonds is 1. The van der Waals surface area contributed by atoms with Gasteiger partial charge < -0.3 is 20.2 Å².